The molecule has 4 nitrogen and oxygen atoms in total. The van der Waals surface area contributed by atoms with Gasteiger partial charge >= 0.3 is 0 Å². The number of rotatable bonds is 3. The van der Waals surface area contributed by atoms with Crippen LogP contribution in [0.15, 0.2) is 21.5 Å². The Morgan fingerprint density at radius 1 is 1.50 bits per heavy atom. The molecule has 0 radical (unpaired) electrons. The lowest BCUT2D eigenvalue weighted by Crippen LogP contribution is -2.41. The van der Waals surface area contributed by atoms with Crippen LogP contribution in [0.1, 0.15) is 18.1 Å². The van der Waals surface area contributed by atoms with E-state index in [9.17, 15) is 8.42 Å². The first-order valence-electron chi connectivity index (χ1n) is 6.47. The first-order chi connectivity index (χ1) is 9.36. The third-order valence-corrected chi connectivity index (χ3v) is 7.37. The van der Waals surface area contributed by atoms with E-state index in [1.165, 1.54) is 0 Å². The smallest absolute Gasteiger partial charge is 0.243 e. The minimum Gasteiger partial charge on any atom is -0.326 e. The van der Waals surface area contributed by atoms with Gasteiger partial charge in [-0.05, 0) is 30.2 Å². The van der Waals surface area contributed by atoms with Gasteiger partial charge < -0.3 is 5.73 Å². The van der Waals surface area contributed by atoms with Crippen molar-refractivity contribution in [3.8, 4) is 0 Å². The fourth-order valence-corrected chi connectivity index (χ4v) is 5.93. The van der Waals surface area contributed by atoms with Gasteiger partial charge in [-0.1, -0.05) is 22.9 Å². The minimum atomic E-state index is -3.45. The summed E-state index contributed by atoms with van der Waals surface area (Å²) in [4.78, 5) is 0.367. The lowest BCUT2D eigenvalue weighted by atomic mass is 10.1. The third-order valence-electron chi connectivity index (χ3n) is 3.41. The predicted molar refractivity (Wildman–Crippen MR) is 87.4 cm³/mol. The number of benzene rings is 1. The summed E-state index contributed by atoms with van der Waals surface area (Å²) in [5.74, 6) is 0.844. The zero-order valence-corrected chi connectivity index (χ0v) is 14.8. The quantitative estimate of drug-likeness (QED) is 0.876. The van der Waals surface area contributed by atoms with Crippen molar-refractivity contribution in [2.45, 2.75) is 30.5 Å². The Kier molecular flexibility index (Phi) is 5.18. The first kappa shape index (κ1) is 16.3. The van der Waals surface area contributed by atoms with Gasteiger partial charge in [0.05, 0.1) is 4.90 Å². The lowest BCUT2D eigenvalue weighted by molar-refractivity contribution is 0.424. The van der Waals surface area contributed by atoms with Gasteiger partial charge in [0.2, 0.25) is 10.0 Å². The molecule has 0 aromatic heterocycles. The number of hydrogen-bond acceptors (Lipinski definition) is 4. The van der Waals surface area contributed by atoms with E-state index in [1.807, 2.05) is 24.8 Å². The van der Waals surface area contributed by atoms with Crippen molar-refractivity contribution in [1.29, 1.82) is 0 Å². The van der Waals surface area contributed by atoms with E-state index < -0.39 is 10.0 Å². The summed E-state index contributed by atoms with van der Waals surface area (Å²) in [5.41, 5.74) is 7.21. The highest BCUT2D eigenvalue weighted by Gasteiger charge is 2.30. The average molecular weight is 379 g/mol. The van der Waals surface area contributed by atoms with Crippen molar-refractivity contribution in [3.63, 3.8) is 0 Å². The van der Waals surface area contributed by atoms with Crippen LogP contribution in [0.5, 0.6) is 0 Å². The molecule has 1 saturated heterocycles. The van der Waals surface area contributed by atoms with E-state index in [2.05, 4.69) is 22.9 Å². The maximum Gasteiger partial charge on any atom is 0.243 e. The van der Waals surface area contributed by atoms with Gasteiger partial charge in [0, 0.05) is 35.1 Å². The van der Waals surface area contributed by atoms with E-state index >= 15 is 0 Å². The topological polar surface area (TPSA) is 63.4 Å². The molecular formula is C13H19BrN2O2S2. The second-order valence-corrected chi connectivity index (χ2v) is 9.26. The highest BCUT2D eigenvalue weighted by molar-refractivity contribution is 9.10. The Morgan fingerprint density at radius 3 is 2.80 bits per heavy atom. The third kappa shape index (κ3) is 3.22. The van der Waals surface area contributed by atoms with E-state index in [4.69, 9.17) is 5.73 Å². The van der Waals surface area contributed by atoms with Crippen LogP contribution in [0.2, 0.25) is 0 Å². The van der Waals surface area contributed by atoms with Gasteiger partial charge in [0.15, 0.2) is 0 Å². The fourth-order valence-electron chi connectivity index (χ4n) is 2.24. The van der Waals surface area contributed by atoms with Gasteiger partial charge in [-0.25, -0.2) is 8.42 Å². The fraction of sp³-hybridized carbons (Fsp3) is 0.538. The monoisotopic (exact) mass is 378 g/mol. The van der Waals surface area contributed by atoms with Crippen LogP contribution in [0.3, 0.4) is 0 Å². The molecule has 1 heterocycles. The minimum absolute atomic E-state index is 0.327. The van der Waals surface area contributed by atoms with Crippen LogP contribution < -0.4 is 5.73 Å². The molecule has 0 bridgehead atoms. The molecule has 0 saturated carbocycles. The largest absolute Gasteiger partial charge is 0.326 e. The highest BCUT2D eigenvalue weighted by atomic mass is 79.9. The number of nitrogens with two attached hydrogens (primary N) is 1. The van der Waals surface area contributed by atoms with Crippen LogP contribution in [0, 0.1) is 6.92 Å². The summed E-state index contributed by atoms with van der Waals surface area (Å²) >= 11 is 5.24. The Morgan fingerprint density at radius 2 is 2.20 bits per heavy atom. The molecule has 1 aliphatic rings. The molecule has 1 unspecified atom stereocenters. The summed E-state index contributed by atoms with van der Waals surface area (Å²) in [5, 5.41) is 0.333. The molecule has 112 valence electrons. The number of sulfonamides is 1. The van der Waals surface area contributed by atoms with Gasteiger partial charge in [-0.2, -0.15) is 16.1 Å². The molecule has 0 aliphatic carbocycles. The summed E-state index contributed by atoms with van der Waals surface area (Å²) in [7, 11) is -3.45. The van der Waals surface area contributed by atoms with Crippen molar-refractivity contribution in [2.75, 3.05) is 18.8 Å². The van der Waals surface area contributed by atoms with Crippen LogP contribution in [0.4, 0.5) is 0 Å². The lowest BCUT2D eigenvalue weighted by Gasteiger charge is -2.30. The van der Waals surface area contributed by atoms with E-state index in [-0.39, 0.29) is 0 Å². The van der Waals surface area contributed by atoms with Crippen molar-refractivity contribution in [1.82, 2.24) is 4.31 Å². The summed E-state index contributed by atoms with van der Waals surface area (Å²) in [6, 6.07) is 3.57. The molecular weight excluding hydrogens is 360 g/mol. The predicted octanol–water partition coefficient (Wildman–Crippen LogP) is 2.34. The summed E-state index contributed by atoms with van der Waals surface area (Å²) in [6.45, 7) is 5.34. The molecule has 0 spiro atoms. The van der Waals surface area contributed by atoms with Crippen molar-refractivity contribution in [2.24, 2.45) is 5.73 Å². The maximum atomic E-state index is 12.8. The number of hydrogen-bond donors (Lipinski definition) is 1. The van der Waals surface area contributed by atoms with Gasteiger partial charge in [0.1, 0.15) is 0 Å². The Labute approximate surface area is 133 Å². The van der Waals surface area contributed by atoms with E-state index in [0.29, 0.717) is 29.8 Å². The second-order valence-electron chi connectivity index (χ2n) is 4.95. The van der Waals surface area contributed by atoms with Crippen molar-refractivity contribution >= 4 is 37.7 Å². The Balaban J connectivity index is 2.46. The van der Waals surface area contributed by atoms with E-state index in [0.717, 1.165) is 21.4 Å². The summed E-state index contributed by atoms with van der Waals surface area (Å²) in [6.07, 6.45) is 0. The van der Waals surface area contributed by atoms with Crippen molar-refractivity contribution < 1.29 is 8.42 Å². The summed E-state index contributed by atoms with van der Waals surface area (Å²) < 4.78 is 28.0. The van der Waals surface area contributed by atoms with Gasteiger partial charge in [-0.3, -0.25) is 0 Å². The molecule has 7 heteroatoms. The molecule has 2 rings (SSSR count). The normalized spacial score (nSPS) is 21.1. The zero-order chi connectivity index (χ0) is 14.9. The number of thioether (sulfide) groups is 1. The maximum absolute atomic E-state index is 12.8. The molecule has 2 N–H and O–H groups in total. The van der Waals surface area contributed by atoms with Gasteiger partial charge in [0.25, 0.3) is 0 Å². The number of nitrogens with zero attached hydrogens (tertiary/aromatic N) is 1. The van der Waals surface area contributed by atoms with Crippen LogP contribution in [-0.4, -0.2) is 36.8 Å². The molecule has 20 heavy (non-hydrogen) atoms. The zero-order valence-electron chi connectivity index (χ0n) is 11.6. The van der Waals surface area contributed by atoms with E-state index in [1.54, 1.807) is 10.4 Å². The standard InChI is InChI=1S/C13H19BrN2O2S2/c1-9-8-16(3-4-19-9)20(17,18)13-6-11(7-15)5-12(14)10(13)2/h5-6,9H,3-4,7-8,15H2,1-2H3. The van der Waals surface area contributed by atoms with Gasteiger partial charge in [-0.15, -0.1) is 0 Å². The molecule has 1 atom stereocenters. The SMILES string of the molecule is Cc1c(Br)cc(CN)cc1S(=O)(=O)N1CCSC(C)C1. The molecule has 1 aromatic carbocycles. The molecule has 1 fully saturated rings. The first-order valence-corrected chi connectivity index (χ1v) is 9.75. The molecule has 1 aliphatic heterocycles. The van der Waals surface area contributed by atoms with Crippen molar-refractivity contribution in [3.05, 3.63) is 27.7 Å². The van der Waals surface area contributed by atoms with Crippen LogP contribution in [0.25, 0.3) is 0 Å². The van der Waals surface area contributed by atoms with Crippen LogP contribution >= 0.6 is 27.7 Å². The Hall–Kier alpha value is -0.0800. The number of halogens is 1. The second kappa shape index (κ2) is 6.36. The Bertz CT molecular complexity index is 605. The van der Waals surface area contributed by atoms with Crippen LogP contribution in [-0.2, 0) is 16.6 Å². The molecule has 1 aromatic rings. The molecule has 0 amide bonds. The highest BCUT2D eigenvalue weighted by Crippen LogP contribution is 2.30. The average Bonchev–Trinajstić information content (AvgIpc) is 2.41.